The molecule has 1 heterocycles. The highest BCUT2D eigenvalue weighted by molar-refractivity contribution is 7.89. The molecule has 0 atom stereocenters. The van der Waals surface area contributed by atoms with Crippen molar-refractivity contribution in [1.82, 2.24) is 14.9 Å². The van der Waals surface area contributed by atoms with E-state index in [9.17, 15) is 13.2 Å². The molecule has 6 nitrogen and oxygen atoms in total. The second-order valence-electron chi connectivity index (χ2n) is 7.44. The van der Waals surface area contributed by atoms with E-state index in [-0.39, 0.29) is 24.9 Å². The molecule has 0 spiro atoms. The summed E-state index contributed by atoms with van der Waals surface area (Å²) in [5.41, 5.74) is 2.50. The molecule has 1 aromatic rings. The smallest absolute Gasteiger partial charge is 0.241 e. The first-order valence-electron chi connectivity index (χ1n) is 9.84. The summed E-state index contributed by atoms with van der Waals surface area (Å²) in [5, 5.41) is 3.32. The van der Waals surface area contributed by atoms with Gasteiger partial charge in [-0.05, 0) is 64.3 Å². The van der Waals surface area contributed by atoms with E-state index < -0.39 is 10.0 Å². The minimum atomic E-state index is -3.63. The standard InChI is InChI=1S/C20H33N3O3S/c1-5-12-23(18-6-9-21-10-7-18)19(24)8-11-22-27(25,26)20-16(3)13-15(2)14-17(20)4/h13-14,18,21-22H,5-12H2,1-4H3. The number of benzene rings is 1. The first-order chi connectivity index (χ1) is 12.8. The zero-order valence-corrected chi connectivity index (χ0v) is 17.8. The molecule has 1 amide bonds. The van der Waals surface area contributed by atoms with Gasteiger partial charge in [0.15, 0.2) is 0 Å². The number of carbonyl (C=O) groups is 1. The van der Waals surface area contributed by atoms with E-state index in [0.717, 1.165) is 55.6 Å². The molecule has 0 unspecified atom stereocenters. The van der Waals surface area contributed by atoms with Crippen LogP contribution in [0.5, 0.6) is 0 Å². The molecule has 1 aliphatic rings. The lowest BCUT2D eigenvalue weighted by Crippen LogP contribution is -2.47. The van der Waals surface area contributed by atoms with Crippen LogP contribution in [0, 0.1) is 20.8 Å². The molecule has 0 saturated carbocycles. The van der Waals surface area contributed by atoms with Gasteiger partial charge in [-0.3, -0.25) is 4.79 Å². The van der Waals surface area contributed by atoms with Crippen LogP contribution in [0.25, 0.3) is 0 Å². The van der Waals surface area contributed by atoms with Gasteiger partial charge in [-0.25, -0.2) is 13.1 Å². The maximum absolute atomic E-state index is 12.7. The van der Waals surface area contributed by atoms with Gasteiger partial charge in [-0.1, -0.05) is 24.6 Å². The maximum Gasteiger partial charge on any atom is 0.241 e. The summed E-state index contributed by atoms with van der Waals surface area (Å²) in [6, 6.07) is 4.00. The molecule has 1 saturated heterocycles. The number of aryl methyl sites for hydroxylation is 3. The van der Waals surface area contributed by atoms with Crippen molar-refractivity contribution in [2.24, 2.45) is 0 Å². The topological polar surface area (TPSA) is 78.5 Å². The number of carbonyl (C=O) groups excluding carboxylic acids is 1. The Kier molecular flexibility index (Phi) is 7.82. The zero-order valence-electron chi connectivity index (χ0n) is 17.0. The average Bonchev–Trinajstić information content (AvgIpc) is 2.58. The third kappa shape index (κ3) is 5.77. The van der Waals surface area contributed by atoms with Crippen LogP contribution in [0.15, 0.2) is 17.0 Å². The Labute approximate surface area is 163 Å². The van der Waals surface area contributed by atoms with E-state index >= 15 is 0 Å². The van der Waals surface area contributed by atoms with Gasteiger partial charge in [0.25, 0.3) is 0 Å². The third-order valence-electron chi connectivity index (χ3n) is 5.04. The van der Waals surface area contributed by atoms with E-state index in [0.29, 0.717) is 4.90 Å². The van der Waals surface area contributed by atoms with Crippen LogP contribution in [0.4, 0.5) is 0 Å². The average molecular weight is 396 g/mol. The second-order valence-corrected chi connectivity index (χ2v) is 9.15. The fourth-order valence-electron chi connectivity index (χ4n) is 3.97. The van der Waals surface area contributed by atoms with Gasteiger partial charge in [-0.2, -0.15) is 0 Å². The molecule has 2 N–H and O–H groups in total. The molecule has 0 radical (unpaired) electrons. The maximum atomic E-state index is 12.7. The van der Waals surface area contributed by atoms with E-state index in [1.807, 2.05) is 24.0 Å². The van der Waals surface area contributed by atoms with Crippen LogP contribution in [0.2, 0.25) is 0 Å². The normalized spacial score (nSPS) is 15.7. The van der Waals surface area contributed by atoms with E-state index in [2.05, 4.69) is 17.0 Å². The monoisotopic (exact) mass is 395 g/mol. The van der Waals surface area contributed by atoms with Gasteiger partial charge in [0.2, 0.25) is 15.9 Å². The number of amides is 1. The Bertz CT molecular complexity index is 733. The second kappa shape index (κ2) is 9.66. The van der Waals surface area contributed by atoms with Gasteiger partial charge in [0.1, 0.15) is 0 Å². The highest BCUT2D eigenvalue weighted by atomic mass is 32.2. The molecule has 0 aromatic heterocycles. The first-order valence-corrected chi connectivity index (χ1v) is 11.3. The molecule has 7 heteroatoms. The fourth-order valence-corrected chi connectivity index (χ4v) is 5.45. The van der Waals surface area contributed by atoms with E-state index in [1.54, 1.807) is 13.8 Å². The van der Waals surface area contributed by atoms with Crippen LogP contribution in [0.3, 0.4) is 0 Å². The quantitative estimate of drug-likeness (QED) is 0.708. The molecule has 2 rings (SSSR count). The largest absolute Gasteiger partial charge is 0.340 e. The van der Waals surface area contributed by atoms with Crippen molar-refractivity contribution in [3.05, 3.63) is 28.8 Å². The van der Waals surface area contributed by atoms with Gasteiger partial charge >= 0.3 is 0 Å². The number of piperidine rings is 1. The first kappa shape index (κ1) is 21.9. The van der Waals surface area contributed by atoms with Crippen molar-refractivity contribution in [3.8, 4) is 0 Å². The van der Waals surface area contributed by atoms with Crippen molar-refractivity contribution in [3.63, 3.8) is 0 Å². The summed E-state index contributed by atoms with van der Waals surface area (Å²) in [6.07, 6.45) is 3.01. The minimum absolute atomic E-state index is 0.0313. The zero-order chi connectivity index (χ0) is 20.0. The van der Waals surface area contributed by atoms with E-state index in [1.165, 1.54) is 0 Å². The highest BCUT2D eigenvalue weighted by Crippen LogP contribution is 2.21. The van der Waals surface area contributed by atoms with Crippen LogP contribution in [0.1, 0.15) is 49.3 Å². The number of nitrogens with one attached hydrogen (secondary N) is 2. The lowest BCUT2D eigenvalue weighted by Gasteiger charge is -2.34. The highest BCUT2D eigenvalue weighted by Gasteiger charge is 2.25. The summed E-state index contributed by atoms with van der Waals surface area (Å²) in [6.45, 7) is 10.3. The molecule has 1 aliphatic heterocycles. The summed E-state index contributed by atoms with van der Waals surface area (Å²) < 4.78 is 28.1. The minimum Gasteiger partial charge on any atom is -0.340 e. The predicted octanol–water partition coefficient (Wildman–Crippen LogP) is 2.27. The molecule has 152 valence electrons. The summed E-state index contributed by atoms with van der Waals surface area (Å²) in [4.78, 5) is 15.0. The molecule has 1 aromatic carbocycles. The summed E-state index contributed by atoms with van der Waals surface area (Å²) in [5.74, 6) is 0.0313. The predicted molar refractivity (Wildman–Crippen MR) is 108 cm³/mol. The van der Waals surface area contributed by atoms with Gasteiger partial charge < -0.3 is 10.2 Å². The lowest BCUT2D eigenvalue weighted by atomic mass is 10.0. The van der Waals surface area contributed by atoms with Crippen LogP contribution in [-0.2, 0) is 14.8 Å². The number of sulfonamides is 1. The lowest BCUT2D eigenvalue weighted by molar-refractivity contribution is -0.133. The Morgan fingerprint density at radius 1 is 1.19 bits per heavy atom. The summed E-state index contributed by atoms with van der Waals surface area (Å²) in [7, 11) is -3.63. The Morgan fingerprint density at radius 2 is 1.78 bits per heavy atom. The van der Waals surface area contributed by atoms with E-state index in [4.69, 9.17) is 0 Å². The molecule has 1 fully saturated rings. The van der Waals surface area contributed by atoms with Crippen LogP contribution < -0.4 is 10.0 Å². The van der Waals surface area contributed by atoms with Crippen LogP contribution in [-0.4, -0.2) is 51.4 Å². The molecule has 0 aliphatic carbocycles. The number of nitrogens with zero attached hydrogens (tertiary/aromatic N) is 1. The Balaban J connectivity index is 2.00. The van der Waals surface area contributed by atoms with Gasteiger partial charge in [0.05, 0.1) is 4.90 Å². The molecular weight excluding hydrogens is 362 g/mol. The van der Waals surface area contributed by atoms with Crippen molar-refractivity contribution >= 4 is 15.9 Å². The van der Waals surface area contributed by atoms with Crippen molar-refractivity contribution in [2.45, 2.75) is 64.3 Å². The Hall–Kier alpha value is -1.44. The number of hydrogen-bond donors (Lipinski definition) is 2. The Morgan fingerprint density at radius 3 is 2.33 bits per heavy atom. The van der Waals surface area contributed by atoms with Gasteiger partial charge in [0, 0.05) is 25.6 Å². The third-order valence-corrected chi connectivity index (χ3v) is 6.80. The molecular formula is C20H33N3O3S. The molecule has 0 bridgehead atoms. The molecule has 27 heavy (non-hydrogen) atoms. The van der Waals surface area contributed by atoms with Crippen molar-refractivity contribution < 1.29 is 13.2 Å². The van der Waals surface area contributed by atoms with Crippen molar-refractivity contribution in [2.75, 3.05) is 26.2 Å². The number of rotatable bonds is 8. The number of hydrogen-bond acceptors (Lipinski definition) is 4. The van der Waals surface area contributed by atoms with Crippen molar-refractivity contribution in [1.29, 1.82) is 0 Å². The summed E-state index contributed by atoms with van der Waals surface area (Å²) >= 11 is 0. The van der Waals surface area contributed by atoms with Crippen LogP contribution >= 0.6 is 0 Å². The SMILES string of the molecule is CCCN(C(=O)CCNS(=O)(=O)c1c(C)cc(C)cc1C)C1CCNCC1. The fraction of sp³-hybridized carbons (Fsp3) is 0.650. The van der Waals surface area contributed by atoms with Gasteiger partial charge in [-0.15, -0.1) is 0 Å².